The Hall–Kier alpha value is -2.14. The Bertz CT molecular complexity index is 508. The molecule has 0 saturated heterocycles. The first-order valence-corrected chi connectivity index (χ1v) is 5.83. The maximum absolute atomic E-state index is 12.0. The van der Waals surface area contributed by atoms with E-state index in [0.717, 1.165) is 17.2 Å². The molecule has 1 aromatic rings. The van der Waals surface area contributed by atoms with Crippen LogP contribution in [-0.2, 0) is 4.79 Å². The van der Waals surface area contributed by atoms with Gasteiger partial charge in [0.15, 0.2) is 0 Å². The predicted octanol–water partition coefficient (Wildman–Crippen LogP) is 1.16. The summed E-state index contributed by atoms with van der Waals surface area (Å²) in [5.74, 6) is -1.19. The summed E-state index contributed by atoms with van der Waals surface area (Å²) >= 11 is 0. The second kappa shape index (κ2) is 6.70. The maximum Gasteiger partial charge on any atom is 0.328 e. The highest BCUT2D eigenvalue weighted by atomic mass is 16.4. The molecule has 0 aliphatic carbocycles. The van der Waals surface area contributed by atoms with Gasteiger partial charge in [0.2, 0.25) is 0 Å². The first-order chi connectivity index (χ1) is 8.95. The summed E-state index contributed by atoms with van der Waals surface area (Å²) in [4.78, 5) is 23.8. The molecule has 19 heavy (non-hydrogen) atoms. The Morgan fingerprint density at radius 2 is 2.05 bits per heavy atom. The van der Waals surface area contributed by atoms with Crippen molar-refractivity contribution in [2.24, 2.45) is 0 Å². The maximum atomic E-state index is 12.0. The summed E-state index contributed by atoms with van der Waals surface area (Å²) in [6.07, 6.45) is 2.55. The van der Waals surface area contributed by atoms with Gasteiger partial charge in [-0.25, -0.2) is 4.79 Å². The second-order valence-corrected chi connectivity index (χ2v) is 4.19. The van der Waals surface area contributed by atoms with Gasteiger partial charge in [-0.15, -0.1) is 0 Å². The average Bonchev–Trinajstić information content (AvgIpc) is 2.36. The minimum absolute atomic E-state index is 0.0827. The Morgan fingerprint density at radius 3 is 2.58 bits per heavy atom. The highest BCUT2D eigenvalue weighted by Gasteiger charge is 2.11. The van der Waals surface area contributed by atoms with E-state index in [1.54, 1.807) is 25.2 Å². The van der Waals surface area contributed by atoms with Crippen LogP contribution in [-0.4, -0.2) is 47.2 Å². The molecule has 0 aliphatic rings. The standard InChI is InChI=1S/C14H17NO4/c1-10-9-12(14(19)15(2)7-8-16)4-3-11(10)5-6-13(17)18/h3-6,9,16H,7-8H2,1-2H3,(H,17,18)/b6-5+. The number of carboxylic acids is 1. The number of carbonyl (C=O) groups is 2. The fourth-order valence-corrected chi connectivity index (χ4v) is 1.63. The molecule has 0 saturated carbocycles. The quantitative estimate of drug-likeness (QED) is 0.781. The number of aliphatic hydroxyl groups excluding tert-OH is 1. The fraction of sp³-hybridized carbons (Fsp3) is 0.286. The van der Waals surface area contributed by atoms with Gasteiger partial charge in [-0.1, -0.05) is 6.07 Å². The summed E-state index contributed by atoms with van der Waals surface area (Å²) in [5, 5.41) is 17.4. The van der Waals surface area contributed by atoms with Gasteiger partial charge < -0.3 is 15.1 Å². The number of benzene rings is 1. The van der Waals surface area contributed by atoms with E-state index in [-0.39, 0.29) is 19.1 Å². The summed E-state index contributed by atoms with van der Waals surface area (Å²) in [6.45, 7) is 2.00. The average molecular weight is 263 g/mol. The molecule has 102 valence electrons. The number of nitrogens with zero attached hydrogens (tertiary/aromatic N) is 1. The topological polar surface area (TPSA) is 77.8 Å². The number of aliphatic hydroxyl groups is 1. The first-order valence-electron chi connectivity index (χ1n) is 5.83. The van der Waals surface area contributed by atoms with Crippen LogP contribution in [0.2, 0.25) is 0 Å². The molecule has 0 spiro atoms. The van der Waals surface area contributed by atoms with Gasteiger partial charge in [0, 0.05) is 25.2 Å². The predicted molar refractivity (Wildman–Crippen MR) is 71.9 cm³/mol. The van der Waals surface area contributed by atoms with Crippen molar-refractivity contribution in [2.75, 3.05) is 20.2 Å². The fourth-order valence-electron chi connectivity index (χ4n) is 1.63. The molecule has 0 aliphatic heterocycles. The van der Waals surface area contributed by atoms with E-state index in [1.165, 1.54) is 11.0 Å². The van der Waals surface area contributed by atoms with Gasteiger partial charge >= 0.3 is 5.97 Å². The molecular formula is C14H17NO4. The lowest BCUT2D eigenvalue weighted by atomic mass is 10.0. The molecule has 0 fully saturated rings. The van der Waals surface area contributed by atoms with Crippen molar-refractivity contribution in [1.29, 1.82) is 0 Å². The molecule has 0 atom stereocenters. The molecule has 0 unspecified atom stereocenters. The van der Waals surface area contributed by atoms with Gasteiger partial charge in [-0.3, -0.25) is 4.79 Å². The van der Waals surface area contributed by atoms with Crippen LogP contribution in [0.25, 0.3) is 6.08 Å². The van der Waals surface area contributed by atoms with Gasteiger partial charge in [0.25, 0.3) is 5.91 Å². The van der Waals surface area contributed by atoms with Crippen molar-refractivity contribution < 1.29 is 19.8 Å². The van der Waals surface area contributed by atoms with Crippen molar-refractivity contribution in [3.05, 3.63) is 41.0 Å². The summed E-state index contributed by atoms with van der Waals surface area (Å²) in [6, 6.07) is 5.05. The molecule has 5 nitrogen and oxygen atoms in total. The SMILES string of the molecule is Cc1cc(C(=O)N(C)CCO)ccc1/C=C/C(=O)O. The van der Waals surface area contributed by atoms with E-state index in [1.807, 2.05) is 6.92 Å². The number of likely N-dealkylation sites (N-methyl/N-ethyl adjacent to an activating group) is 1. The van der Waals surface area contributed by atoms with E-state index < -0.39 is 5.97 Å². The third-order valence-electron chi connectivity index (χ3n) is 2.70. The summed E-state index contributed by atoms with van der Waals surface area (Å²) < 4.78 is 0. The number of hydrogen-bond acceptors (Lipinski definition) is 3. The number of aryl methyl sites for hydroxylation is 1. The number of rotatable bonds is 5. The van der Waals surface area contributed by atoms with Crippen molar-refractivity contribution in [3.8, 4) is 0 Å². The van der Waals surface area contributed by atoms with Crippen molar-refractivity contribution in [1.82, 2.24) is 4.90 Å². The number of aliphatic carboxylic acids is 1. The Kier molecular flexibility index (Phi) is 5.26. The van der Waals surface area contributed by atoms with Gasteiger partial charge in [0.1, 0.15) is 0 Å². The third-order valence-corrected chi connectivity index (χ3v) is 2.70. The van der Waals surface area contributed by atoms with Crippen LogP contribution in [0, 0.1) is 6.92 Å². The summed E-state index contributed by atoms with van der Waals surface area (Å²) in [7, 11) is 1.62. The van der Waals surface area contributed by atoms with Crippen molar-refractivity contribution >= 4 is 18.0 Å². The smallest absolute Gasteiger partial charge is 0.328 e. The van der Waals surface area contributed by atoms with Crippen LogP contribution in [0.3, 0.4) is 0 Å². The highest BCUT2D eigenvalue weighted by Crippen LogP contribution is 2.14. The number of carbonyl (C=O) groups excluding carboxylic acids is 1. The van der Waals surface area contributed by atoms with E-state index in [2.05, 4.69) is 0 Å². The van der Waals surface area contributed by atoms with E-state index in [0.29, 0.717) is 5.56 Å². The van der Waals surface area contributed by atoms with E-state index >= 15 is 0 Å². The van der Waals surface area contributed by atoms with Crippen LogP contribution in [0.5, 0.6) is 0 Å². The number of carboxylic acid groups (broad SMARTS) is 1. The van der Waals surface area contributed by atoms with Crippen molar-refractivity contribution in [2.45, 2.75) is 6.92 Å². The van der Waals surface area contributed by atoms with E-state index in [4.69, 9.17) is 10.2 Å². The lowest BCUT2D eigenvalue weighted by Crippen LogP contribution is -2.29. The van der Waals surface area contributed by atoms with Crippen LogP contribution in [0.1, 0.15) is 21.5 Å². The number of hydrogen-bond donors (Lipinski definition) is 2. The molecule has 0 bridgehead atoms. The monoisotopic (exact) mass is 263 g/mol. The molecule has 1 aromatic carbocycles. The molecule has 2 N–H and O–H groups in total. The zero-order valence-corrected chi connectivity index (χ0v) is 11.0. The third kappa shape index (κ3) is 4.22. The largest absolute Gasteiger partial charge is 0.478 e. The van der Waals surface area contributed by atoms with Crippen LogP contribution in [0.4, 0.5) is 0 Å². The van der Waals surface area contributed by atoms with Gasteiger partial charge in [-0.05, 0) is 36.3 Å². The molecule has 5 heteroatoms. The minimum Gasteiger partial charge on any atom is -0.478 e. The first kappa shape index (κ1) is 14.9. The normalized spacial score (nSPS) is 10.7. The molecule has 1 rings (SSSR count). The van der Waals surface area contributed by atoms with Crippen molar-refractivity contribution in [3.63, 3.8) is 0 Å². The zero-order valence-electron chi connectivity index (χ0n) is 11.0. The second-order valence-electron chi connectivity index (χ2n) is 4.19. The number of amides is 1. The molecule has 0 aromatic heterocycles. The molecule has 1 amide bonds. The van der Waals surface area contributed by atoms with Crippen LogP contribution >= 0.6 is 0 Å². The van der Waals surface area contributed by atoms with Gasteiger partial charge in [-0.2, -0.15) is 0 Å². The Balaban J connectivity index is 2.93. The highest BCUT2D eigenvalue weighted by molar-refractivity contribution is 5.94. The van der Waals surface area contributed by atoms with Crippen LogP contribution < -0.4 is 0 Å². The minimum atomic E-state index is -1.01. The molecule has 0 radical (unpaired) electrons. The Morgan fingerprint density at radius 1 is 1.37 bits per heavy atom. The lowest BCUT2D eigenvalue weighted by molar-refractivity contribution is -0.131. The molecule has 0 heterocycles. The van der Waals surface area contributed by atoms with E-state index in [9.17, 15) is 9.59 Å². The lowest BCUT2D eigenvalue weighted by Gasteiger charge is -2.16. The molecular weight excluding hydrogens is 246 g/mol. The Labute approximate surface area is 111 Å². The van der Waals surface area contributed by atoms with Crippen LogP contribution in [0.15, 0.2) is 24.3 Å². The van der Waals surface area contributed by atoms with Gasteiger partial charge in [0.05, 0.1) is 6.61 Å². The summed E-state index contributed by atoms with van der Waals surface area (Å²) in [5.41, 5.74) is 2.09. The zero-order chi connectivity index (χ0) is 14.4.